The van der Waals surface area contributed by atoms with Crippen molar-refractivity contribution in [3.8, 4) is 0 Å². The van der Waals surface area contributed by atoms with Crippen LogP contribution in [0.4, 0.5) is 10.2 Å². The maximum Gasteiger partial charge on any atom is 0.254 e. The van der Waals surface area contributed by atoms with Gasteiger partial charge in [-0.15, -0.1) is 0 Å². The summed E-state index contributed by atoms with van der Waals surface area (Å²) in [6, 6.07) is 4.79. The third-order valence-corrected chi connectivity index (χ3v) is 2.99. The molecule has 7 heteroatoms. The summed E-state index contributed by atoms with van der Waals surface area (Å²) >= 11 is 5.68. The van der Waals surface area contributed by atoms with Gasteiger partial charge in [0.05, 0.1) is 5.56 Å². The molecule has 3 N–H and O–H groups in total. The number of carbonyl (C=O) groups excluding carboxylic acids is 1. The van der Waals surface area contributed by atoms with Crippen LogP contribution in [-0.4, -0.2) is 15.9 Å². The highest BCUT2D eigenvalue weighted by Gasteiger charge is 2.12. The van der Waals surface area contributed by atoms with Gasteiger partial charge in [-0.25, -0.2) is 9.37 Å². The molecule has 1 amide bonds. The summed E-state index contributed by atoms with van der Waals surface area (Å²) in [6.07, 6.45) is 1.23. The minimum Gasteiger partial charge on any atom is -0.365 e. The zero-order chi connectivity index (χ0) is 14.7. The maximum atomic E-state index is 13.7. The second-order valence-corrected chi connectivity index (χ2v) is 4.49. The van der Waals surface area contributed by atoms with E-state index in [0.717, 1.165) is 5.56 Å². The Morgan fingerprint density at radius 2 is 2.25 bits per heavy atom. The second-order valence-electron chi connectivity index (χ2n) is 4.15. The number of nitrogens with two attached hydrogens (primary N) is 1. The van der Waals surface area contributed by atoms with Gasteiger partial charge in [0.15, 0.2) is 0 Å². The molecular weight excluding hydrogens is 283 g/mol. The van der Waals surface area contributed by atoms with E-state index in [2.05, 4.69) is 15.3 Å². The lowest BCUT2D eigenvalue weighted by Crippen LogP contribution is -2.16. The number of halogens is 2. The molecule has 5 nitrogen and oxygen atoms in total. The summed E-state index contributed by atoms with van der Waals surface area (Å²) in [5.41, 5.74) is 6.59. The first kappa shape index (κ1) is 14.2. The first-order chi connectivity index (χ1) is 9.49. The smallest absolute Gasteiger partial charge is 0.254 e. The average Bonchev–Trinajstić information content (AvgIpc) is 2.37. The molecule has 0 saturated carbocycles. The van der Waals surface area contributed by atoms with Crippen LogP contribution in [0.2, 0.25) is 5.28 Å². The zero-order valence-corrected chi connectivity index (χ0v) is 11.4. The molecule has 104 valence electrons. The van der Waals surface area contributed by atoms with Gasteiger partial charge in [0.2, 0.25) is 5.28 Å². The Morgan fingerprint density at radius 3 is 2.90 bits per heavy atom. The molecule has 0 atom stereocenters. The number of anilines is 1. The number of primary amides is 1. The fourth-order valence-corrected chi connectivity index (χ4v) is 1.87. The Morgan fingerprint density at radius 1 is 1.50 bits per heavy atom. The molecule has 0 radical (unpaired) electrons. The summed E-state index contributed by atoms with van der Waals surface area (Å²) in [5.74, 6) is -0.840. The van der Waals surface area contributed by atoms with Gasteiger partial charge in [0, 0.05) is 18.3 Å². The Balaban J connectivity index is 2.27. The van der Waals surface area contributed by atoms with Crippen LogP contribution in [0, 0.1) is 12.7 Å². The van der Waals surface area contributed by atoms with Crippen LogP contribution >= 0.6 is 11.6 Å². The minimum absolute atomic E-state index is 0.0252. The number of hydrogen-bond acceptors (Lipinski definition) is 4. The highest BCUT2D eigenvalue weighted by atomic mass is 35.5. The van der Waals surface area contributed by atoms with Crippen molar-refractivity contribution in [2.75, 3.05) is 5.32 Å². The number of aromatic nitrogens is 2. The Hall–Kier alpha value is -2.21. The first-order valence-corrected chi connectivity index (χ1v) is 6.17. The molecule has 0 unspecified atom stereocenters. The molecular formula is C13H12ClFN4O. The molecule has 0 fully saturated rings. The van der Waals surface area contributed by atoms with Crippen LogP contribution in [0.5, 0.6) is 0 Å². The van der Waals surface area contributed by atoms with Gasteiger partial charge in [-0.3, -0.25) is 4.79 Å². The Bertz CT molecular complexity index is 643. The van der Waals surface area contributed by atoms with Crippen molar-refractivity contribution in [3.63, 3.8) is 0 Å². The number of nitrogens with zero attached hydrogens (tertiary/aromatic N) is 2. The van der Waals surface area contributed by atoms with Gasteiger partial charge in [-0.05, 0) is 30.2 Å². The van der Waals surface area contributed by atoms with E-state index in [1.54, 1.807) is 19.1 Å². The number of benzene rings is 1. The SMILES string of the molecule is Cc1cccc(F)c1CNc1nc(Cl)ncc1C(N)=O. The van der Waals surface area contributed by atoms with Crippen LogP contribution < -0.4 is 11.1 Å². The zero-order valence-electron chi connectivity index (χ0n) is 10.7. The molecule has 0 spiro atoms. The van der Waals surface area contributed by atoms with E-state index < -0.39 is 5.91 Å². The summed E-state index contributed by atoms with van der Waals surface area (Å²) in [5, 5.41) is 2.83. The summed E-state index contributed by atoms with van der Waals surface area (Å²) in [7, 11) is 0. The van der Waals surface area contributed by atoms with E-state index in [9.17, 15) is 9.18 Å². The molecule has 20 heavy (non-hydrogen) atoms. The van der Waals surface area contributed by atoms with Crippen molar-refractivity contribution in [3.05, 3.63) is 52.2 Å². The van der Waals surface area contributed by atoms with E-state index >= 15 is 0 Å². The Labute approximate surface area is 120 Å². The van der Waals surface area contributed by atoms with Gasteiger partial charge in [0.1, 0.15) is 11.6 Å². The molecule has 2 rings (SSSR count). The maximum absolute atomic E-state index is 13.7. The first-order valence-electron chi connectivity index (χ1n) is 5.79. The highest BCUT2D eigenvalue weighted by molar-refractivity contribution is 6.28. The number of aryl methyl sites for hydroxylation is 1. The topological polar surface area (TPSA) is 80.9 Å². The molecule has 1 heterocycles. The lowest BCUT2D eigenvalue weighted by Gasteiger charge is -2.11. The fourth-order valence-electron chi connectivity index (χ4n) is 1.74. The third-order valence-electron chi connectivity index (χ3n) is 2.81. The average molecular weight is 295 g/mol. The lowest BCUT2D eigenvalue weighted by atomic mass is 10.1. The number of rotatable bonds is 4. The number of nitrogens with one attached hydrogen (secondary N) is 1. The molecule has 1 aromatic carbocycles. The number of hydrogen-bond donors (Lipinski definition) is 2. The predicted molar refractivity (Wildman–Crippen MR) is 74.0 cm³/mol. The van der Waals surface area contributed by atoms with E-state index in [1.807, 2.05) is 0 Å². The molecule has 0 bridgehead atoms. The van der Waals surface area contributed by atoms with Gasteiger partial charge >= 0.3 is 0 Å². The highest BCUT2D eigenvalue weighted by Crippen LogP contribution is 2.17. The van der Waals surface area contributed by atoms with E-state index in [-0.39, 0.29) is 29.0 Å². The number of carbonyl (C=O) groups is 1. The summed E-state index contributed by atoms with van der Waals surface area (Å²) < 4.78 is 13.7. The van der Waals surface area contributed by atoms with Crippen molar-refractivity contribution in [1.82, 2.24) is 9.97 Å². The largest absolute Gasteiger partial charge is 0.365 e. The van der Waals surface area contributed by atoms with Gasteiger partial charge in [-0.2, -0.15) is 4.98 Å². The van der Waals surface area contributed by atoms with Gasteiger partial charge in [-0.1, -0.05) is 12.1 Å². The van der Waals surface area contributed by atoms with Gasteiger partial charge < -0.3 is 11.1 Å². The van der Waals surface area contributed by atoms with Crippen molar-refractivity contribution in [1.29, 1.82) is 0 Å². The van der Waals surface area contributed by atoms with Crippen molar-refractivity contribution < 1.29 is 9.18 Å². The Kier molecular flexibility index (Phi) is 4.14. The molecule has 0 aliphatic carbocycles. The number of amides is 1. The monoisotopic (exact) mass is 294 g/mol. The molecule has 2 aromatic rings. The van der Waals surface area contributed by atoms with Crippen LogP contribution in [-0.2, 0) is 6.54 Å². The van der Waals surface area contributed by atoms with Crippen molar-refractivity contribution in [2.45, 2.75) is 13.5 Å². The van der Waals surface area contributed by atoms with Crippen LogP contribution in [0.3, 0.4) is 0 Å². The van der Waals surface area contributed by atoms with Crippen molar-refractivity contribution >= 4 is 23.3 Å². The summed E-state index contributed by atoms with van der Waals surface area (Å²) in [4.78, 5) is 18.8. The second kappa shape index (κ2) is 5.83. The molecule has 0 aliphatic rings. The van der Waals surface area contributed by atoms with Crippen LogP contribution in [0.25, 0.3) is 0 Å². The van der Waals surface area contributed by atoms with Crippen LogP contribution in [0.1, 0.15) is 21.5 Å². The molecule has 0 saturated heterocycles. The predicted octanol–water partition coefficient (Wildman–Crippen LogP) is 2.29. The van der Waals surface area contributed by atoms with Crippen molar-refractivity contribution in [2.24, 2.45) is 5.73 Å². The van der Waals surface area contributed by atoms with E-state index in [4.69, 9.17) is 17.3 Å². The fraction of sp³-hybridized carbons (Fsp3) is 0.154. The van der Waals surface area contributed by atoms with Gasteiger partial charge in [0.25, 0.3) is 5.91 Å². The normalized spacial score (nSPS) is 10.3. The van der Waals surface area contributed by atoms with E-state index in [0.29, 0.717) is 5.56 Å². The lowest BCUT2D eigenvalue weighted by molar-refractivity contribution is 0.100. The van der Waals surface area contributed by atoms with E-state index in [1.165, 1.54) is 12.3 Å². The third kappa shape index (κ3) is 3.03. The van der Waals surface area contributed by atoms with Crippen LogP contribution in [0.15, 0.2) is 24.4 Å². The summed E-state index contributed by atoms with van der Waals surface area (Å²) in [6.45, 7) is 1.95. The standard InChI is InChI=1S/C13H12ClFN4O/c1-7-3-2-4-10(15)8(7)5-17-12-9(11(16)20)6-18-13(14)19-12/h2-4,6H,5H2,1H3,(H2,16,20)(H,17,18,19). The molecule has 0 aliphatic heterocycles. The molecule has 1 aromatic heterocycles. The quantitative estimate of drug-likeness (QED) is 0.848. The minimum atomic E-state index is -0.686.